The number of carbonyl (C=O) groups excluding carboxylic acids is 1. The van der Waals surface area contributed by atoms with Crippen molar-refractivity contribution in [2.24, 2.45) is 0 Å². The van der Waals surface area contributed by atoms with Crippen molar-refractivity contribution < 1.29 is 13.2 Å². The van der Waals surface area contributed by atoms with Gasteiger partial charge in [-0.1, -0.05) is 105 Å². The number of halogens is 1. The second kappa shape index (κ2) is 16.2. The summed E-state index contributed by atoms with van der Waals surface area (Å²) in [6, 6.07) is 26.0. The fourth-order valence-corrected chi connectivity index (χ4v) is 7.12. The van der Waals surface area contributed by atoms with Crippen molar-refractivity contribution in [2.75, 3.05) is 11.9 Å². The van der Waals surface area contributed by atoms with Crippen molar-refractivity contribution in [2.45, 2.75) is 70.7 Å². The number of anilines is 1. The zero-order chi connectivity index (χ0) is 35.0. The summed E-state index contributed by atoms with van der Waals surface area (Å²) in [5.41, 5.74) is 4.49. The number of unbranched alkanes of at least 4 members (excludes halogenated alkanes) is 3. The van der Waals surface area contributed by atoms with Gasteiger partial charge in [-0.15, -0.1) is 5.10 Å². The van der Waals surface area contributed by atoms with Gasteiger partial charge in [-0.05, 0) is 66.8 Å². The molecular weight excluding hydrogens is 658 g/mol. The lowest BCUT2D eigenvalue weighted by atomic mass is 10.0. The molecule has 1 aromatic heterocycles. The number of hydrogen-bond donors (Lipinski definition) is 2. The van der Waals surface area contributed by atoms with Gasteiger partial charge in [0, 0.05) is 24.2 Å². The summed E-state index contributed by atoms with van der Waals surface area (Å²) >= 11 is 6.12. The summed E-state index contributed by atoms with van der Waals surface area (Å²) in [6.45, 7) is 7.47. The van der Waals surface area contributed by atoms with Gasteiger partial charge in [0.15, 0.2) is 0 Å². The molecule has 0 atom stereocenters. The van der Waals surface area contributed by atoms with Crippen LogP contribution in [0.4, 0.5) is 5.69 Å². The van der Waals surface area contributed by atoms with E-state index in [0.717, 1.165) is 61.2 Å². The van der Waals surface area contributed by atoms with Crippen molar-refractivity contribution in [3.63, 3.8) is 0 Å². The molecule has 0 spiro atoms. The molecule has 9 nitrogen and oxygen atoms in total. The molecule has 2 N–H and O–H groups in total. The largest absolute Gasteiger partial charge is 0.385 e. The number of carbonyl (C=O) groups is 1. The maximum absolute atomic E-state index is 13.9. The molecule has 1 amide bonds. The van der Waals surface area contributed by atoms with Crippen LogP contribution in [0.3, 0.4) is 0 Å². The SMILES string of the molecule is CCCCCNc1cccc(-n2nc(CCCC)n(Cc3ccc(-c4ccccc4S(=O)(=O)NC(=O)c4ccccc4Cl)cc3)c2=O)c1C. The Balaban J connectivity index is 1.41. The van der Waals surface area contributed by atoms with Crippen LogP contribution >= 0.6 is 11.6 Å². The lowest BCUT2D eigenvalue weighted by Gasteiger charge is -2.13. The Bertz CT molecular complexity index is 2090. The van der Waals surface area contributed by atoms with Crippen LogP contribution in [-0.2, 0) is 23.0 Å². The molecule has 0 fully saturated rings. The summed E-state index contributed by atoms with van der Waals surface area (Å²) in [6.07, 6.45) is 5.91. The molecule has 0 aliphatic rings. The van der Waals surface area contributed by atoms with Gasteiger partial charge >= 0.3 is 5.69 Å². The number of benzene rings is 4. The molecule has 0 aliphatic carbocycles. The standard InChI is InChI=1S/C38H42ClN5O4S/c1-4-6-12-25-40-33-17-13-18-34(27(33)3)44-38(46)43(36(41-44)20-7-5-2)26-28-21-23-29(24-22-28)30-14-9-11-19-35(30)49(47,48)42-37(45)31-15-8-10-16-32(31)39/h8-11,13-19,21-24,40H,4-7,12,20,25-26H2,1-3H3,(H,42,45). The highest BCUT2D eigenvalue weighted by molar-refractivity contribution is 7.90. The number of amides is 1. The fourth-order valence-electron chi connectivity index (χ4n) is 5.70. The first-order valence-electron chi connectivity index (χ1n) is 16.7. The molecule has 0 unspecified atom stereocenters. The minimum atomic E-state index is -4.24. The number of rotatable bonds is 15. The quantitative estimate of drug-likeness (QED) is 0.108. The Morgan fingerprint density at radius 2 is 1.57 bits per heavy atom. The third-order valence-corrected chi connectivity index (χ3v) is 10.2. The van der Waals surface area contributed by atoms with E-state index in [0.29, 0.717) is 29.9 Å². The molecule has 0 saturated heterocycles. The van der Waals surface area contributed by atoms with Crippen LogP contribution in [0.5, 0.6) is 0 Å². The molecule has 1 heterocycles. The Labute approximate surface area is 293 Å². The number of hydrogen-bond acceptors (Lipinski definition) is 6. The second-order valence-electron chi connectivity index (χ2n) is 12.0. The van der Waals surface area contributed by atoms with Crippen molar-refractivity contribution in [1.82, 2.24) is 19.1 Å². The zero-order valence-electron chi connectivity index (χ0n) is 28.1. The second-order valence-corrected chi connectivity index (χ2v) is 14.0. The first-order valence-corrected chi connectivity index (χ1v) is 18.5. The number of sulfonamides is 1. The number of aryl methyl sites for hydroxylation is 1. The first-order chi connectivity index (χ1) is 23.6. The maximum atomic E-state index is 13.9. The highest BCUT2D eigenvalue weighted by Crippen LogP contribution is 2.28. The molecule has 0 radical (unpaired) electrons. The average Bonchev–Trinajstić information content (AvgIpc) is 3.40. The lowest BCUT2D eigenvalue weighted by molar-refractivity contribution is 0.0981. The topological polar surface area (TPSA) is 115 Å². The molecule has 0 saturated carbocycles. The van der Waals surface area contributed by atoms with Gasteiger partial charge in [-0.3, -0.25) is 9.36 Å². The zero-order valence-corrected chi connectivity index (χ0v) is 29.7. The van der Waals surface area contributed by atoms with E-state index >= 15 is 0 Å². The number of nitrogens with one attached hydrogen (secondary N) is 2. The van der Waals surface area contributed by atoms with E-state index in [1.807, 2.05) is 49.4 Å². The summed E-state index contributed by atoms with van der Waals surface area (Å²) < 4.78 is 32.2. The van der Waals surface area contributed by atoms with Crippen LogP contribution in [-0.4, -0.2) is 35.2 Å². The van der Waals surface area contributed by atoms with Crippen molar-refractivity contribution in [3.8, 4) is 16.8 Å². The third kappa shape index (κ3) is 8.32. The van der Waals surface area contributed by atoms with E-state index in [1.54, 1.807) is 34.9 Å². The molecule has 4 aromatic carbocycles. The molecule has 256 valence electrons. The lowest BCUT2D eigenvalue weighted by Crippen LogP contribution is -2.31. The van der Waals surface area contributed by atoms with E-state index in [-0.39, 0.29) is 21.2 Å². The summed E-state index contributed by atoms with van der Waals surface area (Å²) in [5, 5.41) is 8.47. The van der Waals surface area contributed by atoms with Crippen LogP contribution in [0.2, 0.25) is 5.02 Å². The minimum absolute atomic E-state index is 0.0417. The number of aromatic nitrogens is 3. The van der Waals surface area contributed by atoms with Crippen LogP contribution in [0.1, 0.15) is 73.3 Å². The summed E-state index contributed by atoms with van der Waals surface area (Å²) in [5.74, 6) is -0.104. The first kappa shape index (κ1) is 35.6. The minimum Gasteiger partial charge on any atom is -0.385 e. The van der Waals surface area contributed by atoms with Crippen molar-refractivity contribution >= 4 is 33.2 Å². The van der Waals surface area contributed by atoms with E-state index < -0.39 is 15.9 Å². The van der Waals surface area contributed by atoms with Gasteiger partial charge < -0.3 is 5.32 Å². The molecule has 11 heteroatoms. The van der Waals surface area contributed by atoms with Crippen LogP contribution < -0.4 is 15.7 Å². The Morgan fingerprint density at radius 3 is 2.31 bits per heavy atom. The number of nitrogens with zero attached hydrogens (tertiary/aromatic N) is 3. The monoisotopic (exact) mass is 699 g/mol. The highest BCUT2D eigenvalue weighted by atomic mass is 35.5. The summed E-state index contributed by atoms with van der Waals surface area (Å²) in [7, 11) is -4.24. The molecular formula is C38H42ClN5O4S. The van der Waals surface area contributed by atoms with Gasteiger partial charge in [-0.25, -0.2) is 17.9 Å². The van der Waals surface area contributed by atoms with Crippen molar-refractivity contribution in [1.29, 1.82) is 0 Å². The highest BCUT2D eigenvalue weighted by Gasteiger charge is 2.24. The van der Waals surface area contributed by atoms with Gasteiger partial charge in [0.2, 0.25) is 0 Å². The van der Waals surface area contributed by atoms with Gasteiger partial charge in [0.1, 0.15) is 5.82 Å². The van der Waals surface area contributed by atoms with Crippen LogP contribution in [0.15, 0.2) is 101 Å². The third-order valence-electron chi connectivity index (χ3n) is 8.45. The van der Waals surface area contributed by atoms with E-state index in [2.05, 4.69) is 23.9 Å². The molecule has 49 heavy (non-hydrogen) atoms. The van der Waals surface area contributed by atoms with E-state index in [1.165, 1.54) is 22.9 Å². The maximum Gasteiger partial charge on any atom is 0.351 e. The van der Waals surface area contributed by atoms with Gasteiger partial charge in [-0.2, -0.15) is 4.68 Å². The normalized spacial score (nSPS) is 11.4. The van der Waals surface area contributed by atoms with E-state index in [9.17, 15) is 18.0 Å². The van der Waals surface area contributed by atoms with Gasteiger partial charge in [0.05, 0.1) is 27.7 Å². The predicted molar refractivity (Wildman–Crippen MR) is 196 cm³/mol. The summed E-state index contributed by atoms with van der Waals surface area (Å²) in [4.78, 5) is 26.7. The van der Waals surface area contributed by atoms with E-state index in [4.69, 9.17) is 16.7 Å². The Hall–Kier alpha value is -4.67. The van der Waals surface area contributed by atoms with Crippen LogP contribution in [0.25, 0.3) is 16.8 Å². The molecule has 5 rings (SSSR count). The smallest absolute Gasteiger partial charge is 0.351 e. The van der Waals surface area contributed by atoms with Gasteiger partial charge in [0.25, 0.3) is 15.9 Å². The Kier molecular flexibility index (Phi) is 11.7. The molecule has 0 bridgehead atoms. The van der Waals surface area contributed by atoms with Crippen molar-refractivity contribution in [3.05, 3.63) is 129 Å². The Morgan fingerprint density at radius 1 is 0.857 bits per heavy atom. The predicted octanol–water partition coefficient (Wildman–Crippen LogP) is 7.77. The molecule has 5 aromatic rings. The molecule has 0 aliphatic heterocycles. The van der Waals surface area contributed by atoms with Crippen LogP contribution in [0, 0.1) is 6.92 Å². The fraction of sp³-hybridized carbons (Fsp3) is 0.289. The average molecular weight is 700 g/mol.